The molecule has 1 N–H and O–H groups in total. The van der Waals surface area contributed by atoms with Crippen LogP contribution in [0.25, 0.3) is 0 Å². The van der Waals surface area contributed by atoms with E-state index in [0.29, 0.717) is 5.56 Å². The molecule has 6 heteroatoms. The maximum Gasteiger partial charge on any atom is 0.335 e. The van der Waals surface area contributed by atoms with E-state index in [1.165, 1.54) is 16.4 Å². The third kappa shape index (κ3) is 3.27. The summed E-state index contributed by atoms with van der Waals surface area (Å²) in [6.45, 7) is 1.66. The van der Waals surface area contributed by atoms with Crippen LogP contribution in [0.5, 0.6) is 0 Å². The van der Waals surface area contributed by atoms with E-state index in [9.17, 15) is 13.2 Å². The zero-order valence-electron chi connectivity index (χ0n) is 12.4. The molecule has 5 nitrogen and oxygen atoms in total. The molecule has 0 heterocycles. The minimum absolute atomic E-state index is 0.0123. The largest absolute Gasteiger partial charge is 0.478 e. The zero-order chi connectivity index (χ0) is 15.6. The van der Waals surface area contributed by atoms with Crippen LogP contribution in [0.2, 0.25) is 0 Å². The average Bonchev–Trinajstić information content (AvgIpc) is 2.47. The number of nitrogens with zero attached hydrogens (tertiary/aromatic N) is 1. The first kappa shape index (κ1) is 16.0. The number of carboxylic acids is 1. The molecule has 1 aromatic rings. The van der Waals surface area contributed by atoms with Crippen LogP contribution in [-0.2, 0) is 10.0 Å². The van der Waals surface area contributed by atoms with E-state index in [2.05, 4.69) is 0 Å². The van der Waals surface area contributed by atoms with Gasteiger partial charge in [-0.3, -0.25) is 0 Å². The molecule has 21 heavy (non-hydrogen) atoms. The highest BCUT2D eigenvalue weighted by molar-refractivity contribution is 7.89. The maximum atomic E-state index is 12.7. The Bertz CT molecular complexity index is 633. The van der Waals surface area contributed by atoms with Crippen LogP contribution in [0.4, 0.5) is 0 Å². The van der Waals surface area contributed by atoms with Crippen LogP contribution in [-0.4, -0.2) is 36.9 Å². The predicted molar refractivity (Wildman–Crippen MR) is 80.0 cm³/mol. The lowest BCUT2D eigenvalue weighted by Crippen LogP contribution is -2.38. The van der Waals surface area contributed by atoms with Gasteiger partial charge >= 0.3 is 5.97 Å². The van der Waals surface area contributed by atoms with Gasteiger partial charge in [0.1, 0.15) is 0 Å². The third-order valence-corrected chi connectivity index (χ3v) is 6.11. The molecule has 1 saturated carbocycles. The maximum absolute atomic E-state index is 12.7. The van der Waals surface area contributed by atoms with Gasteiger partial charge in [-0.15, -0.1) is 0 Å². The molecule has 0 amide bonds. The molecule has 0 saturated heterocycles. The minimum Gasteiger partial charge on any atom is -0.478 e. The van der Waals surface area contributed by atoms with Crippen molar-refractivity contribution in [2.24, 2.45) is 0 Å². The molecular weight excluding hydrogens is 290 g/mol. The Balaban J connectivity index is 2.34. The van der Waals surface area contributed by atoms with Gasteiger partial charge in [0.05, 0.1) is 10.5 Å². The Kier molecular flexibility index (Phi) is 4.68. The lowest BCUT2D eigenvalue weighted by molar-refractivity contribution is 0.0696. The molecule has 0 atom stereocenters. The Hall–Kier alpha value is -1.40. The summed E-state index contributed by atoms with van der Waals surface area (Å²) in [7, 11) is -2.05. The SMILES string of the molecule is Cc1ccc(S(=O)(=O)N(C)C2CCCCC2)cc1C(=O)O. The first-order valence-corrected chi connectivity index (χ1v) is 8.60. The molecule has 2 rings (SSSR count). The highest BCUT2D eigenvalue weighted by Crippen LogP contribution is 2.27. The molecule has 116 valence electrons. The van der Waals surface area contributed by atoms with Crippen molar-refractivity contribution in [3.63, 3.8) is 0 Å². The van der Waals surface area contributed by atoms with Crippen LogP contribution in [0.1, 0.15) is 48.0 Å². The standard InChI is InChI=1S/C15H21NO4S/c1-11-8-9-13(10-14(11)15(17)18)21(19,20)16(2)12-6-4-3-5-7-12/h8-10,12H,3-7H2,1-2H3,(H,17,18). The Morgan fingerprint density at radius 2 is 1.86 bits per heavy atom. The average molecular weight is 311 g/mol. The number of carboxylic acid groups (broad SMARTS) is 1. The van der Waals surface area contributed by atoms with Crippen LogP contribution in [0.3, 0.4) is 0 Å². The summed E-state index contributed by atoms with van der Waals surface area (Å²) in [6.07, 6.45) is 4.97. The van der Waals surface area contributed by atoms with Gasteiger partial charge in [-0.1, -0.05) is 25.3 Å². The molecule has 1 aliphatic rings. The summed E-state index contributed by atoms with van der Waals surface area (Å²) in [5, 5.41) is 9.13. The van der Waals surface area contributed by atoms with E-state index in [0.717, 1.165) is 32.1 Å². The van der Waals surface area contributed by atoms with E-state index < -0.39 is 16.0 Å². The highest BCUT2D eigenvalue weighted by Gasteiger charge is 2.29. The number of carbonyl (C=O) groups is 1. The summed E-state index contributed by atoms with van der Waals surface area (Å²) >= 11 is 0. The fourth-order valence-electron chi connectivity index (χ4n) is 2.80. The molecule has 1 aromatic carbocycles. The topological polar surface area (TPSA) is 74.7 Å². The zero-order valence-corrected chi connectivity index (χ0v) is 13.2. The summed E-state index contributed by atoms with van der Waals surface area (Å²) in [5.41, 5.74) is 0.592. The van der Waals surface area contributed by atoms with Gasteiger partial charge in [-0.05, 0) is 37.5 Å². The second kappa shape index (κ2) is 6.15. The second-order valence-corrected chi connectivity index (χ2v) is 7.59. The van der Waals surface area contributed by atoms with Crippen LogP contribution in [0.15, 0.2) is 23.1 Å². The molecule has 1 aliphatic carbocycles. The molecule has 0 aliphatic heterocycles. The Labute approximate surface area is 125 Å². The fraction of sp³-hybridized carbons (Fsp3) is 0.533. The van der Waals surface area contributed by atoms with Crippen molar-refractivity contribution >= 4 is 16.0 Å². The van der Waals surface area contributed by atoms with Gasteiger partial charge < -0.3 is 5.11 Å². The van der Waals surface area contributed by atoms with Crippen LogP contribution >= 0.6 is 0 Å². The normalized spacial score (nSPS) is 17.1. The van der Waals surface area contributed by atoms with Gasteiger partial charge in [0, 0.05) is 13.1 Å². The molecule has 1 fully saturated rings. The van der Waals surface area contributed by atoms with E-state index in [-0.39, 0.29) is 16.5 Å². The summed E-state index contributed by atoms with van der Waals surface area (Å²) in [4.78, 5) is 11.2. The highest BCUT2D eigenvalue weighted by atomic mass is 32.2. The summed E-state index contributed by atoms with van der Waals surface area (Å²) < 4.78 is 26.7. The van der Waals surface area contributed by atoms with Gasteiger partial charge in [0.15, 0.2) is 0 Å². The van der Waals surface area contributed by atoms with Crippen molar-refractivity contribution in [3.8, 4) is 0 Å². The smallest absolute Gasteiger partial charge is 0.335 e. The number of hydrogen-bond acceptors (Lipinski definition) is 3. The third-order valence-electron chi connectivity index (χ3n) is 4.21. The number of aryl methyl sites for hydroxylation is 1. The van der Waals surface area contributed by atoms with Crippen molar-refractivity contribution in [3.05, 3.63) is 29.3 Å². The van der Waals surface area contributed by atoms with Crippen molar-refractivity contribution < 1.29 is 18.3 Å². The quantitative estimate of drug-likeness (QED) is 0.927. The molecule has 0 radical (unpaired) electrons. The van der Waals surface area contributed by atoms with Crippen molar-refractivity contribution in [2.75, 3.05) is 7.05 Å². The first-order chi connectivity index (χ1) is 9.84. The van der Waals surface area contributed by atoms with E-state index >= 15 is 0 Å². The Morgan fingerprint density at radius 3 is 2.43 bits per heavy atom. The van der Waals surface area contributed by atoms with E-state index in [1.807, 2.05) is 0 Å². The summed E-state index contributed by atoms with van der Waals surface area (Å²) in [6, 6.07) is 4.30. The van der Waals surface area contributed by atoms with Gasteiger partial charge in [0.2, 0.25) is 10.0 Å². The summed E-state index contributed by atoms with van der Waals surface area (Å²) in [5.74, 6) is -1.11. The molecule has 0 unspecified atom stereocenters. The second-order valence-electron chi connectivity index (χ2n) is 5.59. The molecular formula is C15H21NO4S. The van der Waals surface area contributed by atoms with Crippen LogP contribution in [0, 0.1) is 6.92 Å². The molecule has 0 aromatic heterocycles. The molecule has 0 spiro atoms. The minimum atomic E-state index is -3.64. The van der Waals surface area contributed by atoms with Gasteiger partial charge in [0.25, 0.3) is 0 Å². The first-order valence-electron chi connectivity index (χ1n) is 7.16. The monoisotopic (exact) mass is 311 g/mol. The van der Waals surface area contributed by atoms with Gasteiger partial charge in [-0.25, -0.2) is 13.2 Å². The number of benzene rings is 1. The van der Waals surface area contributed by atoms with E-state index in [1.54, 1.807) is 20.0 Å². The van der Waals surface area contributed by atoms with Gasteiger partial charge in [-0.2, -0.15) is 4.31 Å². The number of rotatable bonds is 4. The van der Waals surface area contributed by atoms with Crippen molar-refractivity contribution in [1.29, 1.82) is 0 Å². The lowest BCUT2D eigenvalue weighted by atomic mass is 9.96. The van der Waals surface area contributed by atoms with E-state index in [4.69, 9.17) is 5.11 Å². The molecule has 0 bridgehead atoms. The van der Waals surface area contributed by atoms with Crippen LogP contribution < -0.4 is 0 Å². The number of sulfonamides is 1. The Morgan fingerprint density at radius 1 is 1.24 bits per heavy atom. The lowest BCUT2D eigenvalue weighted by Gasteiger charge is -2.30. The number of hydrogen-bond donors (Lipinski definition) is 1. The number of aromatic carboxylic acids is 1. The van der Waals surface area contributed by atoms with Crippen molar-refractivity contribution in [2.45, 2.75) is 50.0 Å². The van der Waals surface area contributed by atoms with Crippen molar-refractivity contribution in [1.82, 2.24) is 4.31 Å². The predicted octanol–water partition coefficient (Wildman–Crippen LogP) is 2.65. The fourth-order valence-corrected chi connectivity index (χ4v) is 4.24.